The number of fused-ring (bicyclic) bond motifs is 4. The average molecular weight is 644 g/mol. The number of carbonyl (C=O) groups is 1. The maximum atomic E-state index is 14.6. The summed E-state index contributed by atoms with van der Waals surface area (Å²) in [6.45, 7) is 3.49. The van der Waals surface area contributed by atoms with Gasteiger partial charge in [-0.1, -0.05) is 36.4 Å². The molecule has 1 aliphatic heterocycles. The van der Waals surface area contributed by atoms with Gasteiger partial charge in [0.2, 0.25) is 11.8 Å². The minimum Gasteiger partial charge on any atom is -0.491 e. The number of furan rings is 1. The molecule has 8 rings (SSSR count). The molecule has 4 aromatic heterocycles. The molecule has 1 unspecified atom stereocenters. The fourth-order valence-electron chi connectivity index (χ4n) is 6.25. The second-order valence-corrected chi connectivity index (χ2v) is 11.6. The van der Waals surface area contributed by atoms with Gasteiger partial charge in [0, 0.05) is 39.0 Å². The van der Waals surface area contributed by atoms with Crippen molar-refractivity contribution < 1.29 is 18.7 Å². The molecule has 0 saturated carbocycles. The lowest BCUT2D eigenvalue weighted by Crippen LogP contribution is -2.51. The van der Waals surface area contributed by atoms with Gasteiger partial charge in [-0.15, -0.1) is 5.10 Å². The molecule has 0 spiro atoms. The van der Waals surface area contributed by atoms with Crippen LogP contribution in [0.25, 0.3) is 39.0 Å². The van der Waals surface area contributed by atoms with Gasteiger partial charge in [0.05, 0.1) is 24.5 Å². The van der Waals surface area contributed by atoms with Crippen molar-refractivity contribution in [3.05, 3.63) is 96.9 Å². The zero-order valence-electron chi connectivity index (χ0n) is 26.3. The highest BCUT2D eigenvalue weighted by atomic mass is 16.5. The van der Waals surface area contributed by atoms with E-state index in [4.69, 9.17) is 29.7 Å². The van der Waals surface area contributed by atoms with Crippen molar-refractivity contribution in [2.75, 3.05) is 57.1 Å². The van der Waals surface area contributed by atoms with Crippen LogP contribution in [0.5, 0.6) is 5.75 Å². The number of methoxy groups -OCH3 is 1. The molecule has 7 aromatic rings. The van der Waals surface area contributed by atoms with E-state index in [2.05, 4.69) is 21.0 Å². The number of aromatic nitrogens is 6. The second kappa shape index (κ2) is 12.3. The summed E-state index contributed by atoms with van der Waals surface area (Å²) in [4.78, 5) is 28.2. The molecule has 2 N–H and O–H groups in total. The molecule has 242 valence electrons. The minimum absolute atomic E-state index is 0.0743. The number of nitrogens with zero attached hydrogens (tertiary/aromatic N) is 8. The van der Waals surface area contributed by atoms with Gasteiger partial charge in [-0.25, -0.2) is 9.67 Å². The lowest BCUT2D eigenvalue weighted by molar-refractivity contribution is -0.134. The van der Waals surface area contributed by atoms with E-state index in [-0.39, 0.29) is 11.9 Å². The van der Waals surface area contributed by atoms with Crippen LogP contribution >= 0.6 is 0 Å². The number of nitrogen functional groups attached to an aromatic ring is 1. The summed E-state index contributed by atoms with van der Waals surface area (Å²) in [5.74, 6) is 1.73. The van der Waals surface area contributed by atoms with E-state index >= 15 is 0 Å². The SMILES string of the molecule is COCCOc1ccc(N2CCN(C(=O)C(c3ccc4ccccc4c3)n3ncc4c3nc(N)n3nc(-c5ccco5)nc43)CC2)cc1. The molecular formula is C35H33N9O4. The van der Waals surface area contributed by atoms with Crippen LogP contribution in [-0.2, 0) is 9.53 Å². The van der Waals surface area contributed by atoms with E-state index in [1.54, 1.807) is 36.4 Å². The first kappa shape index (κ1) is 29.5. The van der Waals surface area contributed by atoms with Crippen LogP contribution in [0.3, 0.4) is 0 Å². The summed E-state index contributed by atoms with van der Waals surface area (Å²) >= 11 is 0. The van der Waals surface area contributed by atoms with Crippen molar-refractivity contribution in [3.8, 4) is 17.3 Å². The Morgan fingerprint density at radius 1 is 0.917 bits per heavy atom. The highest BCUT2D eigenvalue weighted by molar-refractivity contribution is 5.93. The number of hydrogen-bond donors (Lipinski definition) is 1. The molecule has 1 saturated heterocycles. The van der Waals surface area contributed by atoms with E-state index in [0.29, 0.717) is 67.7 Å². The highest BCUT2D eigenvalue weighted by Crippen LogP contribution is 2.31. The third-order valence-electron chi connectivity index (χ3n) is 8.71. The molecule has 1 atom stereocenters. The van der Waals surface area contributed by atoms with Gasteiger partial charge >= 0.3 is 0 Å². The molecule has 13 nitrogen and oxygen atoms in total. The number of anilines is 2. The molecule has 48 heavy (non-hydrogen) atoms. The second-order valence-electron chi connectivity index (χ2n) is 11.6. The van der Waals surface area contributed by atoms with E-state index < -0.39 is 6.04 Å². The van der Waals surface area contributed by atoms with Crippen molar-refractivity contribution in [2.45, 2.75) is 6.04 Å². The van der Waals surface area contributed by atoms with Gasteiger partial charge in [-0.2, -0.15) is 14.6 Å². The Morgan fingerprint density at radius 3 is 2.50 bits per heavy atom. The molecule has 3 aromatic carbocycles. The first-order valence-corrected chi connectivity index (χ1v) is 15.7. The van der Waals surface area contributed by atoms with E-state index in [1.807, 2.05) is 65.6 Å². The van der Waals surface area contributed by atoms with Crippen molar-refractivity contribution in [1.29, 1.82) is 0 Å². The minimum atomic E-state index is -0.788. The van der Waals surface area contributed by atoms with E-state index in [9.17, 15) is 4.79 Å². The van der Waals surface area contributed by atoms with E-state index in [1.165, 1.54) is 4.52 Å². The predicted octanol–water partition coefficient (Wildman–Crippen LogP) is 4.43. The number of carbonyl (C=O) groups excluding carboxylic acids is 1. The Kier molecular flexibility index (Phi) is 7.57. The highest BCUT2D eigenvalue weighted by Gasteiger charge is 2.33. The Morgan fingerprint density at radius 2 is 1.73 bits per heavy atom. The predicted molar refractivity (Wildman–Crippen MR) is 181 cm³/mol. The smallest absolute Gasteiger partial charge is 0.252 e. The Hall–Kier alpha value is -5.95. The van der Waals surface area contributed by atoms with Gasteiger partial charge in [-0.05, 0) is 58.8 Å². The number of rotatable bonds is 9. The number of piperazine rings is 1. The number of amides is 1. The fourth-order valence-corrected chi connectivity index (χ4v) is 6.25. The number of hydrogen-bond acceptors (Lipinski definition) is 10. The topological polar surface area (TPSA) is 142 Å². The molecular weight excluding hydrogens is 610 g/mol. The van der Waals surface area contributed by atoms with Crippen LogP contribution in [0.2, 0.25) is 0 Å². The van der Waals surface area contributed by atoms with Gasteiger partial charge in [-0.3, -0.25) is 4.79 Å². The lowest BCUT2D eigenvalue weighted by Gasteiger charge is -2.37. The maximum absolute atomic E-state index is 14.6. The summed E-state index contributed by atoms with van der Waals surface area (Å²) in [7, 11) is 1.65. The van der Waals surface area contributed by atoms with Crippen molar-refractivity contribution >= 4 is 45.0 Å². The van der Waals surface area contributed by atoms with Crippen molar-refractivity contribution in [3.63, 3.8) is 0 Å². The number of benzene rings is 3. The first-order valence-electron chi connectivity index (χ1n) is 15.7. The van der Waals surface area contributed by atoms with Crippen LogP contribution in [0, 0.1) is 0 Å². The van der Waals surface area contributed by atoms with Crippen LogP contribution in [-0.4, -0.2) is 86.7 Å². The standard InChI is InChI=1S/C35H33N9O4/c1-46-19-20-47-27-12-10-26(11-13-27)41-14-16-42(17-15-41)34(45)30(25-9-8-23-5-2-3-6-24(23)21-25)43-33-28(22-37-43)32-38-31(29-7-4-18-48-29)40-44(32)35(36)39-33/h2-13,18,21-22,30H,14-17,19-20H2,1H3,(H2,36,39). The molecule has 1 fully saturated rings. The molecule has 13 heteroatoms. The third kappa shape index (κ3) is 5.33. The quantitative estimate of drug-likeness (QED) is 0.225. The third-order valence-corrected chi connectivity index (χ3v) is 8.71. The summed E-state index contributed by atoms with van der Waals surface area (Å²) in [6, 6.07) is 24.9. The van der Waals surface area contributed by atoms with Crippen molar-refractivity contribution in [1.82, 2.24) is 34.3 Å². The summed E-state index contributed by atoms with van der Waals surface area (Å²) in [6.07, 6.45) is 3.23. The van der Waals surface area contributed by atoms with Crippen LogP contribution in [0.1, 0.15) is 11.6 Å². The lowest BCUT2D eigenvalue weighted by atomic mass is 10.0. The summed E-state index contributed by atoms with van der Waals surface area (Å²) in [5, 5.41) is 12.0. The molecule has 0 aliphatic carbocycles. The van der Waals surface area contributed by atoms with Gasteiger partial charge < -0.3 is 29.4 Å². The Labute approximate surface area is 275 Å². The van der Waals surface area contributed by atoms with Crippen LogP contribution < -0.4 is 15.4 Å². The van der Waals surface area contributed by atoms with Crippen molar-refractivity contribution in [2.24, 2.45) is 0 Å². The fraction of sp³-hybridized carbons (Fsp3) is 0.229. The molecule has 5 heterocycles. The summed E-state index contributed by atoms with van der Waals surface area (Å²) in [5.41, 5.74) is 9.22. The van der Waals surface area contributed by atoms with Crippen LogP contribution in [0.4, 0.5) is 11.6 Å². The monoisotopic (exact) mass is 643 g/mol. The largest absolute Gasteiger partial charge is 0.491 e. The Balaban J connectivity index is 1.12. The molecule has 1 aliphatic rings. The molecule has 1 amide bonds. The molecule has 0 bridgehead atoms. The van der Waals surface area contributed by atoms with E-state index in [0.717, 1.165) is 27.8 Å². The zero-order chi connectivity index (χ0) is 32.6. The molecule has 0 radical (unpaired) electrons. The zero-order valence-corrected chi connectivity index (χ0v) is 26.3. The average Bonchev–Trinajstić information content (AvgIpc) is 3.90. The van der Waals surface area contributed by atoms with Gasteiger partial charge in [0.15, 0.2) is 23.1 Å². The number of nitrogens with two attached hydrogens (primary N) is 1. The van der Waals surface area contributed by atoms with Gasteiger partial charge in [0.1, 0.15) is 12.4 Å². The van der Waals surface area contributed by atoms with Gasteiger partial charge in [0.25, 0.3) is 5.91 Å². The number of ether oxygens (including phenoxy) is 2. The Bertz CT molecular complexity index is 2220. The normalized spacial score (nSPS) is 14.3. The maximum Gasteiger partial charge on any atom is 0.252 e. The summed E-state index contributed by atoms with van der Waals surface area (Å²) < 4.78 is 19.4. The first-order chi connectivity index (χ1) is 23.6. The van der Waals surface area contributed by atoms with Crippen LogP contribution in [0.15, 0.2) is 95.7 Å².